The van der Waals surface area contributed by atoms with Crippen molar-refractivity contribution < 1.29 is 9.53 Å². The van der Waals surface area contributed by atoms with Crippen molar-refractivity contribution in [2.75, 3.05) is 38.2 Å². The zero-order valence-electron chi connectivity index (χ0n) is 15.0. The number of morpholine rings is 1. The molecule has 2 aromatic rings. The molecule has 0 bridgehead atoms. The number of carbonyl (C=O) groups is 1. The van der Waals surface area contributed by atoms with Crippen LogP contribution in [0.3, 0.4) is 0 Å². The van der Waals surface area contributed by atoms with Crippen molar-refractivity contribution in [3.8, 4) is 0 Å². The van der Waals surface area contributed by atoms with Crippen LogP contribution in [0.25, 0.3) is 10.8 Å². The van der Waals surface area contributed by atoms with Crippen LogP contribution in [0.15, 0.2) is 42.5 Å². The Bertz CT molecular complexity index is 706. The Morgan fingerprint density at radius 3 is 2.60 bits per heavy atom. The second kappa shape index (κ2) is 8.32. The average molecular weight is 341 g/mol. The molecule has 0 aliphatic carbocycles. The zero-order chi connectivity index (χ0) is 17.6. The van der Waals surface area contributed by atoms with Crippen LogP contribution in [0.4, 0.5) is 10.5 Å². The predicted octanol–water partition coefficient (Wildman–Crippen LogP) is 3.32. The van der Waals surface area contributed by atoms with Crippen molar-refractivity contribution in [2.45, 2.75) is 19.9 Å². The summed E-state index contributed by atoms with van der Waals surface area (Å²) in [6.07, 6.45) is 0. The molecule has 1 aliphatic rings. The van der Waals surface area contributed by atoms with Gasteiger partial charge in [0.1, 0.15) is 0 Å². The molecule has 3 rings (SSSR count). The lowest BCUT2D eigenvalue weighted by Crippen LogP contribution is -2.51. The van der Waals surface area contributed by atoms with Crippen LogP contribution in [0.2, 0.25) is 0 Å². The molecule has 1 atom stereocenters. The van der Waals surface area contributed by atoms with Crippen LogP contribution in [0, 0.1) is 5.92 Å². The Morgan fingerprint density at radius 1 is 1.12 bits per heavy atom. The number of hydrogen-bond acceptors (Lipinski definition) is 3. The van der Waals surface area contributed by atoms with Crippen molar-refractivity contribution in [1.29, 1.82) is 0 Å². The second-order valence-electron chi connectivity index (χ2n) is 6.82. The van der Waals surface area contributed by atoms with Crippen LogP contribution in [0.5, 0.6) is 0 Å². The molecule has 134 valence electrons. The molecule has 0 unspecified atom stereocenters. The van der Waals surface area contributed by atoms with E-state index in [2.05, 4.69) is 29.4 Å². The van der Waals surface area contributed by atoms with Gasteiger partial charge < -0.3 is 15.4 Å². The fourth-order valence-electron chi connectivity index (χ4n) is 3.39. The minimum atomic E-state index is -0.157. The summed E-state index contributed by atoms with van der Waals surface area (Å²) in [6.45, 7) is 8.42. The summed E-state index contributed by atoms with van der Waals surface area (Å²) in [7, 11) is 0. The number of anilines is 1. The molecule has 1 heterocycles. The minimum absolute atomic E-state index is 0.157. The van der Waals surface area contributed by atoms with E-state index < -0.39 is 0 Å². The van der Waals surface area contributed by atoms with Crippen LogP contribution >= 0.6 is 0 Å². The lowest BCUT2D eigenvalue weighted by atomic mass is 10.0. The molecule has 0 radical (unpaired) electrons. The summed E-state index contributed by atoms with van der Waals surface area (Å²) in [5.74, 6) is 0.468. The van der Waals surface area contributed by atoms with Crippen molar-refractivity contribution in [3.63, 3.8) is 0 Å². The molecule has 5 heteroatoms. The van der Waals surface area contributed by atoms with E-state index in [0.717, 1.165) is 42.8 Å². The number of fused-ring (bicyclic) bond motifs is 1. The molecule has 2 N–H and O–H groups in total. The molecule has 5 nitrogen and oxygen atoms in total. The summed E-state index contributed by atoms with van der Waals surface area (Å²) in [5.41, 5.74) is 0.836. The van der Waals surface area contributed by atoms with Crippen LogP contribution in [-0.4, -0.2) is 49.8 Å². The lowest BCUT2D eigenvalue weighted by molar-refractivity contribution is 0.00728. The van der Waals surface area contributed by atoms with Gasteiger partial charge in [0.15, 0.2) is 0 Å². The molecular formula is C20H27N3O2. The average Bonchev–Trinajstić information content (AvgIpc) is 2.63. The summed E-state index contributed by atoms with van der Waals surface area (Å²) >= 11 is 0. The summed E-state index contributed by atoms with van der Waals surface area (Å²) < 4.78 is 5.43. The number of carbonyl (C=O) groups excluding carboxylic acids is 1. The van der Waals surface area contributed by atoms with Crippen molar-refractivity contribution >= 4 is 22.5 Å². The Morgan fingerprint density at radius 2 is 1.84 bits per heavy atom. The highest BCUT2D eigenvalue weighted by Crippen LogP contribution is 2.22. The smallest absolute Gasteiger partial charge is 0.319 e. The quantitative estimate of drug-likeness (QED) is 0.877. The molecule has 0 saturated carbocycles. The van der Waals surface area contributed by atoms with E-state index in [1.807, 2.05) is 42.5 Å². The first-order chi connectivity index (χ1) is 12.1. The molecule has 1 aliphatic heterocycles. The van der Waals surface area contributed by atoms with E-state index in [-0.39, 0.29) is 6.03 Å². The third-order valence-electron chi connectivity index (χ3n) is 4.79. The molecule has 25 heavy (non-hydrogen) atoms. The van der Waals surface area contributed by atoms with Gasteiger partial charge in [0, 0.05) is 31.1 Å². The van der Waals surface area contributed by atoms with Crippen LogP contribution in [0.1, 0.15) is 13.8 Å². The van der Waals surface area contributed by atoms with E-state index in [4.69, 9.17) is 4.74 Å². The molecule has 2 amide bonds. The number of urea groups is 1. The summed E-state index contributed by atoms with van der Waals surface area (Å²) in [4.78, 5) is 14.8. The van der Waals surface area contributed by atoms with Gasteiger partial charge in [-0.3, -0.25) is 4.90 Å². The van der Waals surface area contributed by atoms with Gasteiger partial charge in [-0.25, -0.2) is 4.79 Å². The van der Waals surface area contributed by atoms with Gasteiger partial charge in [0.2, 0.25) is 0 Å². The Kier molecular flexibility index (Phi) is 5.89. The van der Waals surface area contributed by atoms with E-state index in [9.17, 15) is 4.79 Å². The number of benzene rings is 2. The number of nitrogens with zero attached hydrogens (tertiary/aromatic N) is 1. The van der Waals surface area contributed by atoms with Gasteiger partial charge in [-0.1, -0.05) is 50.2 Å². The van der Waals surface area contributed by atoms with Gasteiger partial charge in [-0.15, -0.1) is 0 Å². The zero-order valence-corrected chi connectivity index (χ0v) is 15.0. The maximum Gasteiger partial charge on any atom is 0.319 e. The van der Waals surface area contributed by atoms with Crippen LogP contribution in [-0.2, 0) is 4.74 Å². The van der Waals surface area contributed by atoms with Crippen LogP contribution < -0.4 is 10.6 Å². The van der Waals surface area contributed by atoms with Gasteiger partial charge in [-0.2, -0.15) is 0 Å². The lowest BCUT2D eigenvalue weighted by Gasteiger charge is -2.36. The standard InChI is InChI=1S/C20H27N3O2/c1-15(2)19(23-10-12-25-13-11-23)14-21-20(24)22-18-9-5-7-16-6-3-4-8-17(16)18/h3-9,15,19H,10-14H2,1-2H3,(H2,21,22,24)/t19-/m1/s1. The Labute approximate surface area is 149 Å². The van der Waals surface area contributed by atoms with Gasteiger partial charge in [-0.05, 0) is 17.4 Å². The Balaban J connectivity index is 1.61. The van der Waals surface area contributed by atoms with E-state index in [1.54, 1.807) is 0 Å². The molecule has 1 fully saturated rings. The summed E-state index contributed by atoms with van der Waals surface area (Å²) in [6, 6.07) is 14.2. The topological polar surface area (TPSA) is 53.6 Å². The molecular weight excluding hydrogens is 314 g/mol. The maximum atomic E-state index is 12.4. The van der Waals surface area contributed by atoms with Gasteiger partial charge >= 0.3 is 6.03 Å². The van der Waals surface area contributed by atoms with E-state index in [1.165, 1.54) is 0 Å². The highest BCUT2D eigenvalue weighted by molar-refractivity contribution is 6.01. The molecule has 1 saturated heterocycles. The first kappa shape index (κ1) is 17.7. The molecule has 2 aromatic carbocycles. The number of ether oxygens (including phenoxy) is 1. The number of rotatable bonds is 5. The fraction of sp³-hybridized carbons (Fsp3) is 0.450. The highest BCUT2D eigenvalue weighted by atomic mass is 16.5. The third-order valence-corrected chi connectivity index (χ3v) is 4.79. The monoisotopic (exact) mass is 341 g/mol. The number of hydrogen-bond donors (Lipinski definition) is 2. The normalized spacial score (nSPS) is 16.8. The van der Waals surface area contributed by atoms with Crippen molar-refractivity contribution in [2.24, 2.45) is 5.92 Å². The van der Waals surface area contributed by atoms with Crippen molar-refractivity contribution in [3.05, 3.63) is 42.5 Å². The minimum Gasteiger partial charge on any atom is -0.379 e. The molecule has 0 aromatic heterocycles. The second-order valence-corrected chi connectivity index (χ2v) is 6.82. The molecule has 0 spiro atoms. The number of amides is 2. The number of nitrogens with one attached hydrogen (secondary N) is 2. The van der Waals surface area contributed by atoms with E-state index in [0.29, 0.717) is 18.5 Å². The van der Waals surface area contributed by atoms with E-state index >= 15 is 0 Å². The third kappa shape index (κ3) is 4.50. The Hall–Kier alpha value is -2.11. The first-order valence-electron chi connectivity index (χ1n) is 8.99. The SMILES string of the molecule is CC(C)[C@@H](CNC(=O)Nc1cccc2ccccc12)N1CCOCC1. The van der Waals surface area contributed by atoms with Crippen molar-refractivity contribution in [1.82, 2.24) is 10.2 Å². The summed E-state index contributed by atoms with van der Waals surface area (Å²) in [5, 5.41) is 8.20. The highest BCUT2D eigenvalue weighted by Gasteiger charge is 2.24. The fourth-order valence-corrected chi connectivity index (χ4v) is 3.39. The largest absolute Gasteiger partial charge is 0.379 e. The first-order valence-corrected chi connectivity index (χ1v) is 8.99. The van der Waals surface area contributed by atoms with Gasteiger partial charge in [0.25, 0.3) is 0 Å². The van der Waals surface area contributed by atoms with Gasteiger partial charge in [0.05, 0.1) is 18.9 Å². The predicted molar refractivity (Wildman–Crippen MR) is 102 cm³/mol. The maximum absolute atomic E-state index is 12.4.